The highest BCUT2D eigenvalue weighted by molar-refractivity contribution is 7.90. The van der Waals surface area contributed by atoms with Crippen LogP contribution in [0.1, 0.15) is 30.6 Å². The van der Waals surface area contributed by atoms with E-state index in [1.54, 1.807) is 44.2 Å². The van der Waals surface area contributed by atoms with E-state index in [4.69, 9.17) is 0 Å². The molecule has 0 saturated heterocycles. The summed E-state index contributed by atoms with van der Waals surface area (Å²) in [6.07, 6.45) is 0.470. The molecule has 0 aliphatic carbocycles. The van der Waals surface area contributed by atoms with E-state index < -0.39 is 21.2 Å². The Morgan fingerprint density at radius 3 is 2.38 bits per heavy atom. The van der Waals surface area contributed by atoms with Gasteiger partial charge in [0.25, 0.3) is 5.91 Å². The lowest BCUT2D eigenvalue weighted by atomic mass is 10.2. The Hall–Kier alpha value is -1.36. The number of hydrogen-bond acceptors (Lipinski definition) is 3. The Kier molecular flexibility index (Phi) is 4.06. The van der Waals surface area contributed by atoms with E-state index in [2.05, 4.69) is 4.72 Å². The second kappa shape index (κ2) is 5.12. The lowest BCUT2D eigenvalue weighted by Crippen LogP contribution is -2.36. The molecule has 0 fully saturated rings. The van der Waals surface area contributed by atoms with Crippen LogP contribution >= 0.6 is 0 Å². The van der Waals surface area contributed by atoms with E-state index in [1.807, 2.05) is 0 Å². The number of benzene rings is 1. The van der Waals surface area contributed by atoms with Crippen molar-refractivity contribution in [2.24, 2.45) is 0 Å². The van der Waals surface area contributed by atoms with Gasteiger partial charge in [0.1, 0.15) is 0 Å². The lowest BCUT2D eigenvalue weighted by Gasteiger charge is -2.11. The fourth-order valence-corrected chi connectivity index (χ4v) is 2.11. The Morgan fingerprint density at radius 1 is 1.31 bits per heavy atom. The maximum absolute atomic E-state index is 11.6. The molecule has 0 aromatic heterocycles. The van der Waals surface area contributed by atoms with Crippen LogP contribution in [0.5, 0.6) is 0 Å². The van der Waals surface area contributed by atoms with Crippen LogP contribution in [0.2, 0.25) is 0 Å². The summed E-state index contributed by atoms with van der Waals surface area (Å²) in [5.74, 6) is -0.583. The molecule has 0 radical (unpaired) electrons. The maximum atomic E-state index is 11.6. The molecule has 1 N–H and O–H groups in total. The molecule has 0 heterocycles. The van der Waals surface area contributed by atoms with E-state index in [9.17, 15) is 13.2 Å². The minimum absolute atomic E-state index is 0.342. The van der Waals surface area contributed by atoms with Gasteiger partial charge in [0.05, 0.1) is 5.25 Å². The number of amides is 1. The molecule has 0 aliphatic rings. The molecule has 1 atom stereocenters. The van der Waals surface area contributed by atoms with Crippen molar-refractivity contribution in [1.29, 1.82) is 0 Å². The minimum atomic E-state index is -3.56. The standard InChI is InChI=1S/C11H15NO3S/c1-3-9(2)16(14,15)12-11(13)10-7-5-4-6-8-10/h4-9H,3H2,1-2H3,(H,12,13). The van der Waals surface area contributed by atoms with Crippen molar-refractivity contribution in [3.63, 3.8) is 0 Å². The Morgan fingerprint density at radius 2 is 1.88 bits per heavy atom. The molecule has 4 nitrogen and oxygen atoms in total. The molecular formula is C11H15NO3S. The second-order valence-electron chi connectivity index (χ2n) is 3.56. The van der Waals surface area contributed by atoms with Gasteiger partial charge in [-0.2, -0.15) is 0 Å². The predicted octanol–water partition coefficient (Wildman–Crippen LogP) is 1.54. The van der Waals surface area contributed by atoms with Gasteiger partial charge in [-0.25, -0.2) is 13.1 Å². The van der Waals surface area contributed by atoms with Crippen molar-refractivity contribution in [3.8, 4) is 0 Å². The summed E-state index contributed by atoms with van der Waals surface area (Å²) in [5.41, 5.74) is 0.342. The number of hydrogen-bond donors (Lipinski definition) is 1. The van der Waals surface area contributed by atoms with Gasteiger partial charge in [0.15, 0.2) is 0 Å². The second-order valence-corrected chi connectivity index (χ2v) is 5.66. The highest BCUT2D eigenvalue weighted by Gasteiger charge is 2.21. The molecule has 5 heteroatoms. The van der Waals surface area contributed by atoms with Crippen molar-refractivity contribution < 1.29 is 13.2 Å². The first-order valence-electron chi connectivity index (χ1n) is 5.08. The molecule has 1 rings (SSSR count). The van der Waals surface area contributed by atoms with Crippen LogP contribution in [-0.4, -0.2) is 19.6 Å². The number of nitrogens with one attached hydrogen (secondary N) is 1. The molecule has 0 bridgehead atoms. The number of sulfonamides is 1. The van der Waals surface area contributed by atoms with Crippen LogP contribution in [-0.2, 0) is 10.0 Å². The van der Waals surface area contributed by atoms with Crippen molar-refractivity contribution in [3.05, 3.63) is 35.9 Å². The summed E-state index contributed by atoms with van der Waals surface area (Å²) < 4.78 is 25.3. The fraction of sp³-hybridized carbons (Fsp3) is 0.364. The molecule has 0 saturated carbocycles. The number of carbonyl (C=O) groups excluding carboxylic acids is 1. The summed E-state index contributed by atoms with van der Waals surface area (Å²) >= 11 is 0. The van der Waals surface area contributed by atoms with Gasteiger partial charge in [-0.15, -0.1) is 0 Å². The normalized spacial score (nSPS) is 13.1. The van der Waals surface area contributed by atoms with Crippen molar-refractivity contribution >= 4 is 15.9 Å². The van der Waals surface area contributed by atoms with E-state index >= 15 is 0 Å². The van der Waals surface area contributed by atoms with Gasteiger partial charge in [-0.1, -0.05) is 25.1 Å². The van der Waals surface area contributed by atoms with E-state index in [0.717, 1.165) is 0 Å². The first-order valence-corrected chi connectivity index (χ1v) is 6.63. The smallest absolute Gasteiger partial charge is 0.264 e. The van der Waals surface area contributed by atoms with Gasteiger partial charge in [-0.05, 0) is 25.5 Å². The first kappa shape index (κ1) is 12.7. The summed E-state index contributed by atoms with van der Waals surface area (Å²) in [6, 6.07) is 8.28. The quantitative estimate of drug-likeness (QED) is 0.869. The van der Waals surface area contributed by atoms with Crippen LogP contribution in [0.4, 0.5) is 0 Å². The fourth-order valence-electron chi connectivity index (χ4n) is 1.10. The average molecular weight is 241 g/mol. The largest absolute Gasteiger partial charge is 0.268 e. The molecular weight excluding hydrogens is 226 g/mol. The maximum Gasteiger partial charge on any atom is 0.264 e. The molecule has 88 valence electrons. The summed E-state index contributed by atoms with van der Waals surface area (Å²) in [5, 5.41) is -0.569. The molecule has 1 amide bonds. The highest BCUT2D eigenvalue weighted by Crippen LogP contribution is 2.05. The monoisotopic (exact) mass is 241 g/mol. The Bertz CT molecular complexity index is 453. The topological polar surface area (TPSA) is 63.2 Å². The third-order valence-electron chi connectivity index (χ3n) is 2.38. The highest BCUT2D eigenvalue weighted by atomic mass is 32.2. The van der Waals surface area contributed by atoms with Crippen molar-refractivity contribution in [2.45, 2.75) is 25.5 Å². The molecule has 1 unspecified atom stereocenters. The van der Waals surface area contributed by atoms with E-state index in [1.165, 1.54) is 0 Å². The van der Waals surface area contributed by atoms with E-state index in [-0.39, 0.29) is 0 Å². The Labute approximate surface area is 95.7 Å². The van der Waals surface area contributed by atoms with Gasteiger partial charge < -0.3 is 0 Å². The van der Waals surface area contributed by atoms with Crippen LogP contribution in [0.25, 0.3) is 0 Å². The molecule has 1 aromatic carbocycles. The third-order valence-corrected chi connectivity index (χ3v) is 4.24. The zero-order valence-electron chi connectivity index (χ0n) is 9.30. The predicted molar refractivity (Wildman–Crippen MR) is 62.6 cm³/mol. The van der Waals surface area contributed by atoms with Crippen LogP contribution in [0, 0.1) is 0 Å². The van der Waals surface area contributed by atoms with E-state index in [0.29, 0.717) is 12.0 Å². The molecule has 1 aromatic rings. The van der Waals surface area contributed by atoms with Crippen LogP contribution in [0.15, 0.2) is 30.3 Å². The molecule has 0 spiro atoms. The SMILES string of the molecule is CCC(C)S(=O)(=O)NC(=O)c1ccccc1. The minimum Gasteiger partial charge on any atom is -0.268 e. The number of carbonyl (C=O) groups is 1. The zero-order chi connectivity index (χ0) is 12.2. The average Bonchev–Trinajstić information content (AvgIpc) is 2.28. The third kappa shape index (κ3) is 3.06. The van der Waals surface area contributed by atoms with Crippen molar-refractivity contribution in [1.82, 2.24) is 4.72 Å². The summed E-state index contributed by atoms with van der Waals surface area (Å²) in [7, 11) is -3.56. The van der Waals surface area contributed by atoms with Gasteiger partial charge in [0.2, 0.25) is 10.0 Å². The van der Waals surface area contributed by atoms with Gasteiger partial charge >= 0.3 is 0 Å². The van der Waals surface area contributed by atoms with Crippen molar-refractivity contribution in [2.75, 3.05) is 0 Å². The van der Waals surface area contributed by atoms with Crippen LogP contribution < -0.4 is 4.72 Å². The number of rotatable bonds is 4. The van der Waals surface area contributed by atoms with Gasteiger partial charge in [0, 0.05) is 5.56 Å². The zero-order valence-corrected chi connectivity index (χ0v) is 10.1. The lowest BCUT2D eigenvalue weighted by molar-refractivity contribution is 0.0981. The summed E-state index contributed by atoms with van der Waals surface area (Å²) in [4.78, 5) is 11.6. The molecule has 0 aliphatic heterocycles. The first-order chi connectivity index (χ1) is 7.47. The summed E-state index contributed by atoms with van der Waals surface area (Å²) in [6.45, 7) is 3.33. The van der Waals surface area contributed by atoms with Crippen LogP contribution in [0.3, 0.4) is 0 Å². The molecule has 16 heavy (non-hydrogen) atoms. The Balaban J connectivity index is 2.80. The van der Waals surface area contributed by atoms with Gasteiger partial charge in [-0.3, -0.25) is 4.79 Å².